The van der Waals surface area contributed by atoms with Gasteiger partial charge in [-0.25, -0.2) is 15.0 Å². The monoisotopic (exact) mass is 263 g/mol. The standard InChI is InChI=1S/C12H17N5S/c1-3-13-10-6-11(16-8-15-10)14-5-4-12-17-9(2)7-18-12/h6-8H,3-5H2,1-2H3,(H2,13,14,15,16). The third kappa shape index (κ3) is 3.66. The molecule has 0 unspecified atom stereocenters. The van der Waals surface area contributed by atoms with E-state index in [9.17, 15) is 0 Å². The first-order chi connectivity index (χ1) is 8.78. The van der Waals surface area contributed by atoms with Gasteiger partial charge in [0, 0.05) is 36.7 Å². The summed E-state index contributed by atoms with van der Waals surface area (Å²) in [5, 5.41) is 9.66. The summed E-state index contributed by atoms with van der Waals surface area (Å²) in [7, 11) is 0. The van der Waals surface area contributed by atoms with E-state index in [-0.39, 0.29) is 0 Å². The van der Waals surface area contributed by atoms with Crippen LogP contribution in [0.1, 0.15) is 17.6 Å². The van der Waals surface area contributed by atoms with Gasteiger partial charge in [0.05, 0.1) is 5.01 Å². The molecule has 2 aromatic rings. The molecule has 0 spiro atoms. The summed E-state index contributed by atoms with van der Waals surface area (Å²) in [5.74, 6) is 1.69. The van der Waals surface area contributed by atoms with Crippen LogP contribution in [0.5, 0.6) is 0 Å². The summed E-state index contributed by atoms with van der Waals surface area (Å²) >= 11 is 1.70. The maximum absolute atomic E-state index is 4.42. The lowest BCUT2D eigenvalue weighted by molar-refractivity contribution is 0.973. The number of hydrogen-bond acceptors (Lipinski definition) is 6. The lowest BCUT2D eigenvalue weighted by Crippen LogP contribution is -2.07. The Bertz CT molecular complexity index is 497. The van der Waals surface area contributed by atoms with Gasteiger partial charge in [-0.2, -0.15) is 0 Å². The molecule has 96 valence electrons. The second-order valence-corrected chi connectivity index (χ2v) is 4.82. The van der Waals surface area contributed by atoms with Crippen molar-refractivity contribution in [3.05, 3.63) is 28.5 Å². The molecule has 2 rings (SSSR count). The zero-order valence-electron chi connectivity index (χ0n) is 10.6. The van der Waals surface area contributed by atoms with E-state index in [1.165, 1.54) is 0 Å². The first-order valence-corrected chi connectivity index (χ1v) is 6.86. The lowest BCUT2D eigenvalue weighted by atomic mass is 10.4. The van der Waals surface area contributed by atoms with Gasteiger partial charge in [0.25, 0.3) is 0 Å². The van der Waals surface area contributed by atoms with Gasteiger partial charge in [-0.3, -0.25) is 0 Å². The molecule has 0 radical (unpaired) electrons. The Kier molecular flexibility index (Phi) is 4.46. The fourth-order valence-electron chi connectivity index (χ4n) is 1.55. The molecule has 0 aliphatic heterocycles. The third-order valence-corrected chi connectivity index (χ3v) is 3.36. The van der Waals surface area contributed by atoms with Crippen LogP contribution in [0.2, 0.25) is 0 Å². The molecule has 0 aromatic carbocycles. The van der Waals surface area contributed by atoms with E-state index in [2.05, 4.69) is 31.0 Å². The van der Waals surface area contributed by atoms with E-state index >= 15 is 0 Å². The highest BCUT2D eigenvalue weighted by Gasteiger charge is 2.00. The Labute approximate surface area is 111 Å². The van der Waals surface area contributed by atoms with Crippen molar-refractivity contribution in [2.75, 3.05) is 23.7 Å². The van der Waals surface area contributed by atoms with Gasteiger partial charge in [-0.05, 0) is 13.8 Å². The van der Waals surface area contributed by atoms with Crippen LogP contribution in [0.25, 0.3) is 0 Å². The topological polar surface area (TPSA) is 62.7 Å². The van der Waals surface area contributed by atoms with Crippen LogP contribution in [-0.4, -0.2) is 28.0 Å². The number of rotatable bonds is 6. The van der Waals surface area contributed by atoms with E-state index in [4.69, 9.17) is 0 Å². The van der Waals surface area contributed by atoms with Gasteiger partial charge in [-0.15, -0.1) is 11.3 Å². The summed E-state index contributed by atoms with van der Waals surface area (Å²) < 4.78 is 0. The molecule has 18 heavy (non-hydrogen) atoms. The zero-order chi connectivity index (χ0) is 12.8. The van der Waals surface area contributed by atoms with Crippen molar-refractivity contribution in [2.24, 2.45) is 0 Å². The van der Waals surface area contributed by atoms with Crippen molar-refractivity contribution in [3.8, 4) is 0 Å². The number of anilines is 2. The van der Waals surface area contributed by atoms with Crippen LogP contribution in [-0.2, 0) is 6.42 Å². The predicted molar refractivity (Wildman–Crippen MR) is 75.2 cm³/mol. The Morgan fingerprint density at radius 2 is 2.00 bits per heavy atom. The van der Waals surface area contributed by atoms with Gasteiger partial charge in [0.15, 0.2) is 0 Å². The molecule has 5 nitrogen and oxygen atoms in total. The fraction of sp³-hybridized carbons (Fsp3) is 0.417. The Morgan fingerprint density at radius 3 is 2.67 bits per heavy atom. The van der Waals surface area contributed by atoms with Crippen LogP contribution >= 0.6 is 11.3 Å². The molecule has 0 amide bonds. The normalized spacial score (nSPS) is 10.3. The van der Waals surface area contributed by atoms with Gasteiger partial charge in [-0.1, -0.05) is 0 Å². The molecule has 6 heteroatoms. The molecule has 2 aromatic heterocycles. The quantitative estimate of drug-likeness (QED) is 0.837. The minimum Gasteiger partial charge on any atom is -0.370 e. The van der Waals surface area contributed by atoms with Crippen LogP contribution in [0.3, 0.4) is 0 Å². The first kappa shape index (κ1) is 12.8. The SMILES string of the molecule is CCNc1cc(NCCc2nc(C)cs2)ncn1. The second kappa shape index (κ2) is 6.30. The number of thiazole rings is 1. The van der Waals surface area contributed by atoms with Crippen molar-refractivity contribution in [2.45, 2.75) is 20.3 Å². The van der Waals surface area contributed by atoms with Gasteiger partial charge < -0.3 is 10.6 Å². The molecule has 0 aliphatic rings. The van der Waals surface area contributed by atoms with Crippen LogP contribution in [0.15, 0.2) is 17.8 Å². The molecule has 0 fully saturated rings. The molecule has 2 N–H and O–H groups in total. The second-order valence-electron chi connectivity index (χ2n) is 3.88. The maximum Gasteiger partial charge on any atom is 0.131 e. The summed E-state index contributed by atoms with van der Waals surface area (Å²) in [6.45, 7) is 5.74. The van der Waals surface area contributed by atoms with E-state index in [1.807, 2.05) is 19.9 Å². The number of aromatic nitrogens is 3. The van der Waals surface area contributed by atoms with Crippen LogP contribution in [0.4, 0.5) is 11.6 Å². The van der Waals surface area contributed by atoms with Crippen LogP contribution in [0, 0.1) is 6.92 Å². The number of aryl methyl sites for hydroxylation is 1. The van der Waals surface area contributed by atoms with E-state index in [0.29, 0.717) is 0 Å². The molecular formula is C12H17N5S. The van der Waals surface area contributed by atoms with Crippen molar-refractivity contribution in [3.63, 3.8) is 0 Å². The molecule has 0 atom stereocenters. The summed E-state index contributed by atoms with van der Waals surface area (Å²) in [6, 6.07) is 1.91. The molecule has 0 bridgehead atoms. The molecule has 0 saturated heterocycles. The van der Waals surface area contributed by atoms with E-state index in [1.54, 1.807) is 17.7 Å². The average Bonchev–Trinajstić information content (AvgIpc) is 2.76. The highest BCUT2D eigenvalue weighted by Crippen LogP contribution is 2.11. The summed E-state index contributed by atoms with van der Waals surface area (Å²) in [4.78, 5) is 12.7. The number of nitrogens with one attached hydrogen (secondary N) is 2. The van der Waals surface area contributed by atoms with Gasteiger partial charge in [0.1, 0.15) is 18.0 Å². The molecule has 0 saturated carbocycles. The average molecular weight is 263 g/mol. The van der Waals surface area contributed by atoms with Crippen molar-refractivity contribution >= 4 is 23.0 Å². The van der Waals surface area contributed by atoms with E-state index in [0.717, 1.165) is 41.8 Å². The van der Waals surface area contributed by atoms with Crippen molar-refractivity contribution < 1.29 is 0 Å². The maximum atomic E-state index is 4.42. The minimum absolute atomic E-state index is 0.829. The number of hydrogen-bond donors (Lipinski definition) is 2. The molecule has 0 aliphatic carbocycles. The molecular weight excluding hydrogens is 246 g/mol. The highest BCUT2D eigenvalue weighted by molar-refractivity contribution is 7.09. The Morgan fingerprint density at radius 1 is 1.22 bits per heavy atom. The Balaban J connectivity index is 1.84. The summed E-state index contributed by atoms with van der Waals surface area (Å²) in [6.07, 6.45) is 2.48. The predicted octanol–water partition coefficient (Wildman–Crippen LogP) is 2.33. The fourth-order valence-corrected chi connectivity index (χ4v) is 2.32. The number of nitrogens with zero attached hydrogens (tertiary/aromatic N) is 3. The minimum atomic E-state index is 0.829. The zero-order valence-corrected chi connectivity index (χ0v) is 11.4. The lowest BCUT2D eigenvalue weighted by Gasteiger charge is -2.06. The van der Waals surface area contributed by atoms with Gasteiger partial charge in [0.2, 0.25) is 0 Å². The molecule has 2 heterocycles. The van der Waals surface area contributed by atoms with Crippen LogP contribution < -0.4 is 10.6 Å². The largest absolute Gasteiger partial charge is 0.370 e. The third-order valence-electron chi connectivity index (χ3n) is 2.34. The highest BCUT2D eigenvalue weighted by atomic mass is 32.1. The van der Waals surface area contributed by atoms with E-state index < -0.39 is 0 Å². The smallest absolute Gasteiger partial charge is 0.131 e. The first-order valence-electron chi connectivity index (χ1n) is 5.98. The van der Waals surface area contributed by atoms with Crippen molar-refractivity contribution in [1.29, 1.82) is 0 Å². The Hall–Kier alpha value is -1.69. The summed E-state index contributed by atoms with van der Waals surface area (Å²) in [5.41, 5.74) is 1.09. The van der Waals surface area contributed by atoms with Gasteiger partial charge >= 0.3 is 0 Å². The van der Waals surface area contributed by atoms with Crippen molar-refractivity contribution in [1.82, 2.24) is 15.0 Å².